The number of rotatable bonds is 8. The van der Waals surface area contributed by atoms with Crippen LogP contribution in [0.3, 0.4) is 0 Å². The van der Waals surface area contributed by atoms with E-state index in [4.69, 9.17) is 4.74 Å². The van der Waals surface area contributed by atoms with Crippen LogP contribution in [0.5, 0.6) is 5.75 Å². The third kappa shape index (κ3) is 5.26. The van der Waals surface area contributed by atoms with E-state index in [1.807, 2.05) is 48.5 Å². The second-order valence-electron chi connectivity index (χ2n) is 5.65. The molecule has 0 aliphatic carbocycles. The lowest BCUT2D eigenvalue weighted by molar-refractivity contribution is -0.118. The van der Waals surface area contributed by atoms with Crippen molar-refractivity contribution in [1.29, 1.82) is 0 Å². The summed E-state index contributed by atoms with van der Waals surface area (Å²) >= 11 is 1.62. The molecule has 1 amide bonds. The van der Waals surface area contributed by atoms with Crippen molar-refractivity contribution in [3.8, 4) is 5.75 Å². The Morgan fingerprint density at radius 2 is 1.68 bits per heavy atom. The number of amides is 1. The Bertz CT molecular complexity index is 815. The second-order valence-corrected chi connectivity index (χ2v) is 6.64. The predicted molar refractivity (Wildman–Crippen MR) is 105 cm³/mol. The molecule has 128 valence electrons. The molecule has 4 heteroatoms. The predicted octanol–water partition coefficient (Wildman–Crippen LogP) is 4.27. The van der Waals surface area contributed by atoms with Crippen LogP contribution in [-0.2, 0) is 10.5 Å². The quantitative estimate of drug-likeness (QED) is 0.616. The molecule has 0 fully saturated rings. The van der Waals surface area contributed by atoms with Gasteiger partial charge in [-0.25, -0.2) is 0 Å². The number of hydrogen-bond acceptors (Lipinski definition) is 3. The zero-order chi connectivity index (χ0) is 17.3. The van der Waals surface area contributed by atoms with E-state index in [0.717, 1.165) is 22.3 Å². The fourth-order valence-electron chi connectivity index (χ4n) is 2.56. The number of carbonyl (C=O) groups is 1. The van der Waals surface area contributed by atoms with Gasteiger partial charge < -0.3 is 10.1 Å². The average molecular weight is 351 g/mol. The van der Waals surface area contributed by atoms with Gasteiger partial charge in [0.1, 0.15) is 12.4 Å². The first-order valence-corrected chi connectivity index (χ1v) is 9.47. The Kier molecular flexibility index (Phi) is 6.35. The average Bonchev–Trinajstić information content (AvgIpc) is 2.66. The van der Waals surface area contributed by atoms with Crippen LogP contribution >= 0.6 is 11.8 Å². The molecule has 3 aromatic rings. The molecule has 0 heterocycles. The van der Waals surface area contributed by atoms with Gasteiger partial charge in [-0.05, 0) is 17.0 Å². The highest BCUT2D eigenvalue weighted by atomic mass is 32.2. The maximum Gasteiger partial charge on any atom is 0.230 e. The van der Waals surface area contributed by atoms with Crippen LogP contribution in [0.4, 0.5) is 0 Å². The summed E-state index contributed by atoms with van der Waals surface area (Å²) in [6.07, 6.45) is 0. The maximum atomic E-state index is 11.9. The molecule has 0 bridgehead atoms. The van der Waals surface area contributed by atoms with Gasteiger partial charge in [0.25, 0.3) is 0 Å². The van der Waals surface area contributed by atoms with Gasteiger partial charge in [0, 0.05) is 11.1 Å². The van der Waals surface area contributed by atoms with Gasteiger partial charge in [0.2, 0.25) is 5.91 Å². The number of carbonyl (C=O) groups excluding carboxylic acids is 1. The van der Waals surface area contributed by atoms with E-state index >= 15 is 0 Å². The second kappa shape index (κ2) is 9.14. The van der Waals surface area contributed by atoms with Crippen molar-refractivity contribution in [1.82, 2.24) is 5.32 Å². The lowest BCUT2D eigenvalue weighted by Gasteiger charge is -2.10. The van der Waals surface area contributed by atoms with Crippen LogP contribution < -0.4 is 10.1 Å². The summed E-state index contributed by atoms with van der Waals surface area (Å²) in [5.74, 6) is 2.21. The smallest absolute Gasteiger partial charge is 0.230 e. The summed E-state index contributed by atoms with van der Waals surface area (Å²) in [5.41, 5.74) is 1.24. The third-order valence-electron chi connectivity index (χ3n) is 3.78. The van der Waals surface area contributed by atoms with Crippen LogP contribution in [-0.4, -0.2) is 24.8 Å². The Balaban J connectivity index is 1.37. The van der Waals surface area contributed by atoms with Crippen molar-refractivity contribution >= 4 is 28.4 Å². The van der Waals surface area contributed by atoms with Crippen LogP contribution in [0.25, 0.3) is 10.8 Å². The van der Waals surface area contributed by atoms with Gasteiger partial charge in [-0.15, -0.1) is 11.8 Å². The Hall–Kier alpha value is -2.46. The summed E-state index contributed by atoms with van der Waals surface area (Å²) < 4.78 is 5.82. The highest BCUT2D eigenvalue weighted by Crippen LogP contribution is 2.24. The van der Waals surface area contributed by atoms with Gasteiger partial charge in [0.05, 0.1) is 12.3 Å². The summed E-state index contributed by atoms with van der Waals surface area (Å²) in [7, 11) is 0. The fourth-order valence-corrected chi connectivity index (χ4v) is 3.38. The van der Waals surface area contributed by atoms with E-state index < -0.39 is 0 Å². The van der Waals surface area contributed by atoms with Gasteiger partial charge in [-0.1, -0.05) is 66.7 Å². The monoisotopic (exact) mass is 351 g/mol. The molecule has 0 aliphatic heterocycles. The van der Waals surface area contributed by atoms with Gasteiger partial charge >= 0.3 is 0 Å². The fraction of sp³-hybridized carbons (Fsp3) is 0.190. The van der Waals surface area contributed by atoms with E-state index in [1.54, 1.807) is 11.8 Å². The molecule has 0 unspecified atom stereocenters. The molecule has 3 nitrogen and oxygen atoms in total. The molecule has 25 heavy (non-hydrogen) atoms. The number of nitrogens with one attached hydrogen (secondary N) is 1. The molecule has 0 radical (unpaired) electrons. The van der Waals surface area contributed by atoms with Gasteiger partial charge in [0.15, 0.2) is 0 Å². The third-order valence-corrected chi connectivity index (χ3v) is 4.78. The molecule has 0 spiro atoms. The minimum absolute atomic E-state index is 0.0439. The lowest BCUT2D eigenvalue weighted by atomic mass is 10.1. The number of hydrogen-bond donors (Lipinski definition) is 1. The molecule has 0 saturated heterocycles. The van der Waals surface area contributed by atoms with Crippen LogP contribution in [0, 0.1) is 0 Å². The minimum Gasteiger partial charge on any atom is -0.491 e. The zero-order valence-electron chi connectivity index (χ0n) is 14.0. The Labute approximate surface area is 152 Å². The number of fused-ring (bicyclic) bond motifs is 1. The van der Waals surface area contributed by atoms with E-state index in [0.29, 0.717) is 18.9 Å². The van der Waals surface area contributed by atoms with Crippen molar-refractivity contribution in [2.75, 3.05) is 18.9 Å². The number of benzene rings is 3. The first kappa shape index (κ1) is 17.4. The van der Waals surface area contributed by atoms with E-state index in [2.05, 4.69) is 29.6 Å². The Morgan fingerprint density at radius 3 is 2.56 bits per heavy atom. The van der Waals surface area contributed by atoms with Gasteiger partial charge in [-0.2, -0.15) is 0 Å². The minimum atomic E-state index is 0.0439. The van der Waals surface area contributed by atoms with Gasteiger partial charge in [-0.3, -0.25) is 4.79 Å². The zero-order valence-corrected chi connectivity index (χ0v) is 14.8. The highest BCUT2D eigenvalue weighted by Gasteiger charge is 2.03. The maximum absolute atomic E-state index is 11.9. The topological polar surface area (TPSA) is 38.3 Å². The number of thioether (sulfide) groups is 1. The lowest BCUT2D eigenvalue weighted by Crippen LogP contribution is -2.29. The SMILES string of the molecule is O=C(CSCc1ccccc1)NCCOc1cccc2ccccc12. The van der Waals surface area contributed by atoms with E-state index in [1.165, 1.54) is 5.56 Å². The van der Waals surface area contributed by atoms with E-state index in [9.17, 15) is 4.79 Å². The summed E-state index contributed by atoms with van der Waals surface area (Å²) in [6, 6.07) is 24.3. The molecule has 3 aromatic carbocycles. The summed E-state index contributed by atoms with van der Waals surface area (Å²) in [6.45, 7) is 0.969. The molecule has 1 N–H and O–H groups in total. The van der Waals surface area contributed by atoms with Crippen molar-refractivity contribution in [3.05, 3.63) is 78.4 Å². The molecular weight excluding hydrogens is 330 g/mol. The van der Waals surface area contributed by atoms with Crippen LogP contribution in [0.15, 0.2) is 72.8 Å². The molecule has 0 saturated carbocycles. The molecule has 0 aliphatic rings. The summed E-state index contributed by atoms with van der Waals surface area (Å²) in [4.78, 5) is 11.9. The van der Waals surface area contributed by atoms with E-state index in [-0.39, 0.29) is 5.91 Å². The first-order chi connectivity index (χ1) is 12.3. The highest BCUT2D eigenvalue weighted by molar-refractivity contribution is 7.99. The molecule has 3 rings (SSSR count). The standard InChI is InChI=1S/C21H21NO2S/c23-21(16-25-15-17-7-2-1-3-8-17)22-13-14-24-20-12-6-10-18-9-4-5-11-19(18)20/h1-12H,13-16H2,(H,22,23). The molecular formula is C21H21NO2S. The normalized spacial score (nSPS) is 10.6. The largest absolute Gasteiger partial charge is 0.491 e. The van der Waals surface area contributed by atoms with Crippen molar-refractivity contribution in [2.45, 2.75) is 5.75 Å². The Morgan fingerprint density at radius 1 is 0.920 bits per heavy atom. The van der Waals surface area contributed by atoms with Crippen molar-refractivity contribution in [2.24, 2.45) is 0 Å². The van der Waals surface area contributed by atoms with Crippen LogP contribution in [0.2, 0.25) is 0 Å². The molecule has 0 aromatic heterocycles. The van der Waals surface area contributed by atoms with Crippen molar-refractivity contribution in [3.63, 3.8) is 0 Å². The number of ether oxygens (including phenoxy) is 1. The summed E-state index contributed by atoms with van der Waals surface area (Å²) in [5, 5.41) is 5.15. The van der Waals surface area contributed by atoms with Crippen molar-refractivity contribution < 1.29 is 9.53 Å². The molecule has 0 atom stereocenters. The first-order valence-electron chi connectivity index (χ1n) is 8.32. The van der Waals surface area contributed by atoms with Crippen LogP contribution in [0.1, 0.15) is 5.56 Å².